The Morgan fingerprint density at radius 3 is 2.27 bits per heavy atom. The number of hydrogen-bond donors (Lipinski definition) is 1. The van der Waals surface area contributed by atoms with E-state index in [1.54, 1.807) is 4.90 Å². The normalized spacial score (nSPS) is 44.4. The quantitative estimate of drug-likeness (QED) is 0.519. The van der Waals surface area contributed by atoms with Crippen molar-refractivity contribution in [3.05, 3.63) is 0 Å². The van der Waals surface area contributed by atoms with Crippen LogP contribution in [0.15, 0.2) is 0 Å². The molecule has 1 N–H and O–H groups in total. The summed E-state index contributed by atoms with van der Waals surface area (Å²) in [4.78, 5) is 28.4. The smallest absolute Gasteiger partial charge is 0.409 e. The molecule has 210 valence electrons. The fraction of sp³-hybridized carbons (Fsp3) is 0.935. The van der Waals surface area contributed by atoms with Crippen LogP contribution < -0.4 is 0 Å². The maximum atomic E-state index is 13.0. The van der Waals surface area contributed by atoms with Crippen LogP contribution in [-0.4, -0.2) is 65.8 Å². The number of amides is 2. The summed E-state index contributed by atoms with van der Waals surface area (Å²) < 4.78 is 4.82. The molecule has 1 heterocycles. The van der Waals surface area contributed by atoms with E-state index in [0.29, 0.717) is 55.3 Å². The molecule has 1 aliphatic heterocycles. The number of nitrogens with zero attached hydrogens (tertiary/aromatic N) is 2. The van der Waals surface area contributed by atoms with E-state index in [9.17, 15) is 14.7 Å². The third kappa shape index (κ3) is 4.82. The molecule has 6 nitrogen and oxygen atoms in total. The summed E-state index contributed by atoms with van der Waals surface area (Å²) in [5.74, 6) is 4.76. The number of fused-ring (bicyclic) bond motifs is 5. The Kier molecular flexibility index (Phi) is 7.39. The van der Waals surface area contributed by atoms with Crippen LogP contribution in [0.1, 0.15) is 98.3 Å². The van der Waals surface area contributed by atoms with E-state index in [4.69, 9.17) is 4.74 Å². The molecule has 5 fully saturated rings. The Hall–Kier alpha value is -1.30. The molecule has 37 heavy (non-hydrogen) atoms. The Balaban J connectivity index is 1.17. The van der Waals surface area contributed by atoms with Gasteiger partial charge in [-0.15, -0.1) is 0 Å². The first-order valence-corrected chi connectivity index (χ1v) is 15.3. The average molecular weight is 517 g/mol. The summed E-state index contributed by atoms with van der Waals surface area (Å²) in [6, 6.07) is 0. The first kappa shape index (κ1) is 27.3. The van der Waals surface area contributed by atoms with E-state index in [-0.39, 0.29) is 12.0 Å². The lowest BCUT2D eigenvalue weighted by Crippen LogP contribution is -2.55. The maximum Gasteiger partial charge on any atom is 0.409 e. The zero-order valence-electron chi connectivity index (χ0n) is 24.1. The Morgan fingerprint density at radius 1 is 0.892 bits per heavy atom. The van der Waals surface area contributed by atoms with Gasteiger partial charge < -0.3 is 19.6 Å². The molecule has 0 unspecified atom stereocenters. The van der Waals surface area contributed by atoms with Crippen LogP contribution in [-0.2, 0) is 9.53 Å². The zero-order valence-corrected chi connectivity index (χ0v) is 24.1. The third-order valence-corrected chi connectivity index (χ3v) is 12.6. The van der Waals surface area contributed by atoms with Crippen molar-refractivity contribution in [3.63, 3.8) is 0 Å². The van der Waals surface area contributed by atoms with Gasteiger partial charge in [-0.25, -0.2) is 4.79 Å². The van der Waals surface area contributed by atoms with E-state index in [0.717, 1.165) is 42.9 Å². The van der Waals surface area contributed by atoms with Gasteiger partial charge in [-0.1, -0.05) is 20.8 Å². The minimum atomic E-state index is -0.458. The largest absolute Gasteiger partial charge is 0.453 e. The molecule has 0 aromatic carbocycles. The SMILES string of the molecule is COC(=O)N1CCN(C(=O)CC[C@@H](C)[C@H]2CC[C@H]3[C@@H]4CC[C@H]5C[C@@](C)(O)CC[C@]5(C)[C@H]4CC[C@]23C)CC1. The van der Waals surface area contributed by atoms with Gasteiger partial charge >= 0.3 is 6.09 Å². The highest BCUT2D eigenvalue weighted by atomic mass is 16.5. The monoisotopic (exact) mass is 516 g/mol. The molecule has 5 aliphatic rings. The molecule has 1 saturated heterocycles. The van der Waals surface area contributed by atoms with Crippen molar-refractivity contribution < 1.29 is 19.4 Å². The fourth-order valence-electron chi connectivity index (χ4n) is 10.4. The predicted octanol–water partition coefficient (Wildman–Crippen LogP) is 5.72. The Bertz CT molecular complexity index is 867. The van der Waals surface area contributed by atoms with Gasteiger partial charge in [-0.05, 0) is 117 Å². The molecule has 5 rings (SSSR count). The topological polar surface area (TPSA) is 70.1 Å². The highest BCUT2D eigenvalue weighted by Gasteiger charge is 2.61. The van der Waals surface area contributed by atoms with E-state index < -0.39 is 5.60 Å². The Morgan fingerprint density at radius 2 is 1.57 bits per heavy atom. The van der Waals surface area contributed by atoms with Gasteiger partial charge in [0, 0.05) is 32.6 Å². The van der Waals surface area contributed by atoms with Gasteiger partial charge in [-0.3, -0.25) is 4.79 Å². The van der Waals surface area contributed by atoms with Crippen molar-refractivity contribution in [3.8, 4) is 0 Å². The van der Waals surface area contributed by atoms with E-state index in [1.807, 2.05) is 4.90 Å². The van der Waals surface area contributed by atoms with Crippen LogP contribution in [0.5, 0.6) is 0 Å². The second-order valence-corrected chi connectivity index (χ2v) is 14.4. The highest BCUT2D eigenvalue weighted by Crippen LogP contribution is 2.68. The molecule has 4 aliphatic carbocycles. The molecular formula is C31H52N2O4. The molecule has 4 saturated carbocycles. The van der Waals surface area contributed by atoms with Crippen molar-refractivity contribution in [1.82, 2.24) is 9.80 Å². The molecule has 2 amide bonds. The minimum absolute atomic E-state index is 0.249. The lowest BCUT2D eigenvalue weighted by molar-refractivity contribution is -0.148. The van der Waals surface area contributed by atoms with Gasteiger partial charge in [0.25, 0.3) is 0 Å². The molecule has 9 atom stereocenters. The number of carbonyl (C=O) groups excluding carboxylic acids is 2. The van der Waals surface area contributed by atoms with Crippen molar-refractivity contribution in [2.45, 2.75) is 104 Å². The van der Waals surface area contributed by atoms with Gasteiger partial charge in [0.2, 0.25) is 5.91 Å². The summed E-state index contributed by atoms with van der Waals surface area (Å²) in [5, 5.41) is 10.8. The molecule has 0 bridgehead atoms. The van der Waals surface area contributed by atoms with Crippen LogP contribution in [0.4, 0.5) is 4.79 Å². The summed E-state index contributed by atoms with van der Waals surface area (Å²) >= 11 is 0. The van der Waals surface area contributed by atoms with Crippen LogP contribution in [0.2, 0.25) is 0 Å². The number of aliphatic hydroxyl groups is 1. The summed E-state index contributed by atoms with van der Waals surface area (Å²) in [6.07, 6.45) is 12.5. The van der Waals surface area contributed by atoms with Crippen molar-refractivity contribution in [1.29, 1.82) is 0 Å². The zero-order chi connectivity index (χ0) is 26.6. The van der Waals surface area contributed by atoms with Gasteiger partial charge in [0.1, 0.15) is 0 Å². The molecular weight excluding hydrogens is 464 g/mol. The summed E-state index contributed by atoms with van der Waals surface area (Å²) in [7, 11) is 1.41. The van der Waals surface area contributed by atoms with Crippen LogP contribution in [0, 0.1) is 46.3 Å². The first-order valence-electron chi connectivity index (χ1n) is 15.3. The fourth-order valence-corrected chi connectivity index (χ4v) is 10.4. The van der Waals surface area contributed by atoms with Crippen LogP contribution in [0.3, 0.4) is 0 Å². The lowest BCUT2D eigenvalue weighted by atomic mass is 9.43. The molecule has 0 spiro atoms. The number of ether oxygens (including phenoxy) is 1. The van der Waals surface area contributed by atoms with Crippen LogP contribution >= 0.6 is 0 Å². The Labute approximate surface area is 224 Å². The summed E-state index contributed by atoms with van der Waals surface area (Å²) in [6.45, 7) is 12.0. The van der Waals surface area contributed by atoms with Crippen LogP contribution in [0.25, 0.3) is 0 Å². The maximum absolute atomic E-state index is 13.0. The van der Waals surface area contributed by atoms with Crippen molar-refractivity contribution >= 4 is 12.0 Å². The molecule has 6 heteroatoms. The molecule has 0 aromatic heterocycles. The van der Waals surface area contributed by atoms with Crippen molar-refractivity contribution in [2.75, 3.05) is 33.3 Å². The molecule has 0 aromatic rings. The van der Waals surface area contributed by atoms with E-state index in [2.05, 4.69) is 27.7 Å². The van der Waals surface area contributed by atoms with Gasteiger partial charge in [-0.2, -0.15) is 0 Å². The number of piperazine rings is 1. The van der Waals surface area contributed by atoms with Gasteiger partial charge in [0.05, 0.1) is 12.7 Å². The van der Waals surface area contributed by atoms with Gasteiger partial charge in [0.15, 0.2) is 0 Å². The van der Waals surface area contributed by atoms with E-state index in [1.165, 1.54) is 52.1 Å². The second-order valence-electron chi connectivity index (χ2n) is 14.4. The highest BCUT2D eigenvalue weighted by molar-refractivity contribution is 5.76. The lowest BCUT2D eigenvalue weighted by Gasteiger charge is -2.62. The number of methoxy groups -OCH3 is 1. The number of carbonyl (C=O) groups is 2. The summed E-state index contributed by atoms with van der Waals surface area (Å²) in [5.41, 5.74) is 0.375. The first-order chi connectivity index (χ1) is 17.5. The second kappa shape index (κ2) is 10.0. The number of hydrogen-bond acceptors (Lipinski definition) is 4. The van der Waals surface area contributed by atoms with E-state index >= 15 is 0 Å². The standard InChI is InChI=1S/C31H52N2O4/c1-21(6-11-27(34)32-16-18-33(19-17-32)28(35)37-5)24-9-10-25-23-8-7-22-20-29(2,36)14-15-30(22,3)26(23)12-13-31(24,25)4/h21-26,36H,6-20H2,1-5H3/t21-,22+,23+,24-,25+,26+,29+,30+,31-/m1/s1. The number of rotatable bonds is 4. The minimum Gasteiger partial charge on any atom is -0.453 e. The predicted molar refractivity (Wildman–Crippen MR) is 145 cm³/mol. The average Bonchev–Trinajstić information content (AvgIpc) is 3.24. The van der Waals surface area contributed by atoms with Crippen molar-refractivity contribution in [2.24, 2.45) is 46.3 Å². The molecule has 0 radical (unpaired) electrons. The third-order valence-electron chi connectivity index (χ3n) is 12.6.